The van der Waals surface area contributed by atoms with Gasteiger partial charge in [-0.15, -0.1) is 0 Å². The lowest BCUT2D eigenvalue weighted by Crippen LogP contribution is -2.69. The number of rotatable bonds is 3. The van der Waals surface area contributed by atoms with Crippen LogP contribution in [0.2, 0.25) is 0 Å². The van der Waals surface area contributed by atoms with Gasteiger partial charge in [0.1, 0.15) is 6.26 Å². The van der Waals surface area contributed by atoms with Crippen molar-refractivity contribution in [3.63, 3.8) is 0 Å². The van der Waals surface area contributed by atoms with Crippen molar-refractivity contribution >= 4 is 18.0 Å². The first-order chi connectivity index (χ1) is 9.55. The van der Waals surface area contributed by atoms with Gasteiger partial charge in [-0.3, -0.25) is 0 Å². The highest BCUT2D eigenvalue weighted by molar-refractivity contribution is 5.87. The Morgan fingerprint density at radius 3 is 2.95 bits per heavy atom. The number of aromatic nitrogens is 1. The molecule has 1 spiro atoms. The molecule has 1 aromatic rings. The van der Waals surface area contributed by atoms with Crippen LogP contribution in [0.5, 0.6) is 0 Å². The molecule has 108 valence electrons. The predicted octanol–water partition coefficient (Wildman–Crippen LogP) is 0.0651. The fourth-order valence-corrected chi connectivity index (χ4v) is 2.52. The number of anilines is 1. The van der Waals surface area contributed by atoms with E-state index in [9.17, 15) is 9.59 Å². The minimum absolute atomic E-state index is 0.0655. The zero-order valence-electron chi connectivity index (χ0n) is 11.4. The zero-order valence-corrected chi connectivity index (χ0v) is 11.4. The topological polar surface area (TPSA) is 87.9 Å². The van der Waals surface area contributed by atoms with Gasteiger partial charge < -0.3 is 24.3 Å². The summed E-state index contributed by atoms with van der Waals surface area (Å²) < 4.78 is 10.1. The highest BCUT2D eigenvalue weighted by Crippen LogP contribution is 2.33. The molecule has 0 atom stereocenters. The number of urea groups is 1. The lowest BCUT2D eigenvalue weighted by Gasteiger charge is -2.49. The first kappa shape index (κ1) is 12.8. The Morgan fingerprint density at radius 1 is 1.60 bits per heavy atom. The van der Waals surface area contributed by atoms with E-state index in [1.165, 1.54) is 6.26 Å². The third-order valence-electron chi connectivity index (χ3n) is 3.80. The van der Waals surface area contributed by atoms with Crippen LogP contribution in [0.3, 0.4) is 0 Å². The Hall–Kier alpha value is -2.25. The van der Waals surface area contributed by atoms with Crippen LogP contribution in [0, 0.1) is 0 Å². The first-order valence-corrected chi connectivity index (χ1v) is 6.45. The van der Waals surface area contributed by atoms with Crippen LogP contribution in [0.1, 0.15) is 17.4 Å². The number of hydrogen-bond donors (Lipinski definition) is 1. The predicted molar refractivity (Wildman–Crippen MR) is 68.6 cm³/mol. The number of carbonyl (C=O) groups is 2. The molecule has 0 radical (unpaired) electrons. The maximum absolute atomic E-state index is 11.5. The molecule has 20 heavy (non-hydrogen) atoms. The van der Waals surface area contributed by atoms with Crippen molar-refractivity contribution in [2.24, 2.45) is 0 Å². The monoisotopic (exact) mass is 280 g/mol. The fourth-order valence-electron chi connectivity index (χ4n) is 2.52. The van der Waals surface area contributed by atoms with Crippen LogP contribution in [0.25, 0.3) is 0 Å². The van der Waals surface area contributed by atoms with Gasteiger partial charge in [0, 0.05) is 26.7 Å². The standard InChI is InChI=1S/C12H16N4O4/c1-3-19-9(17)8-4-20-11(14-8)16-6-12(7-16)5-13-10(18)15(12)2/h4H,3,5-7H2,1-2H3,(H,13,18). The molecular weight excluding hydrogens is 264 g/mol. The summed E-state index contributed by atoms with van der Waals surface area (Å²) in [6, 6.07) is 0.315. The van der Waals surface area contributed by atoms with E-state index in [1.807, 2.05) is 4.90 Å². The Bertz CT molecular complexity index is 549. The minimum atomic E-state index is -0.493. The van der Waals surface area contributed by atoms with E-state index in [0.717, 1.165) is 0 Å². The lowest BCUT2D eigenvalue weighted by molar-refractivity contribution is 0.0519. The third kappa shape index (κ3) is 1.79. The van der Waals surface area contributed by atoms with Crippen molar-refractivity contribution in [3.05, 3.63) is 12.0 Å². The maximum Gasteiger partial charge on any atom is 0.360 e. The van der Waals surface area contributed by atoms with Crippen molar-refractivity contribution in [2.45, 2.75) is 12.5 Å². The van der Waals surface area contributed by atoms with Gasteiger partial charge in [0.15, 0.2) is 5.69 Å². The van der Waals surface area contributed by atoms with Crippen LogP contribution >= 0.6 is 0 Å². The molecule has 8 heteroatoms. The van der Waals surface area contributed by atoms with Crippen molar-refractivity contribution in [2.75, 3.05) is 38.2 Å². The van der Waals surface area contributed by atoms with Crippen molar-refractivity contribution in [3.8, 4) is 0 Å². The van der Waals surface area contributed by atoms with Gasteiger partial charge in [0.2, 0.25) is 0 Å². The Balaban J connectivity index is 1.66. The van der Waals surface area contributed by atoms with Crippen LogP contribution < -0.4 is 10.2 Å². The van der Waals surface area contributed by atoms with Gasteiger partial charge in [0.05, 0.1) is 12.1 Å². The summed E-state index contributed by atoms with van der Waals surface area (Å²) in [5.41, 5.74) is -0.0351. The molecule has 0 aromatic carbocycles. The van der Waals surface area contributed by atoms with E-state index in [-0.39, 0.29) is 17.3 Å². The molecule has 0 saturated carbocycles. The second-order valence-electron chi connectivity index (χ2n) is 5.03. The first-order valence-electron chi connectivity index (χ1n) is 6.45. The number of ether oxygens (including phenoxy) is 1. The lowest BCUT2D eigenvalue weighted by atomic mass is 9.90. The Labute approximate surface area is 115 Å². The van der Waals surface area contributed by atoms with Crippen molar-refractivity contribution < 1.29 is 18.7 Å². The molecule has 3 heterocycles. The van der Waals surface area contributed by atoms with E-state index >= 15 is 0 Å². The highest BCUT2D eigenvalue weighted by atomic mass is 16.5. The summed E-state index contributed by atoms with van der Waals surface area (Å²) in [4.78, 5) is 30.7. The molecule has 2 amide bonds. The SMILES string of the molecule is CCOC(=O)c1coc(N2CC3(CNC(=O)N3C)C2)n1. The summed E-state index contributed by atoms with van der Waals surface area (Å²) in [6.45, 7) is 3.91. The molecule has 2 aliphatic rings. The number of hydrogen-bond acceptors (Lipinski definition) is 6. The summed E-state index contributed by atoms with van der Waals surface area (Å²) in [7, 11) is 1.78. The molecule has 0 aliphatic carbocycles. The number of amides is 2. The molecule has 8 nitrogen and oxygen atoms in total. The number of nitrogens with one attached hydrogen (secondary N) is 1. The summed E-state index contributed by atoms with van der Waals surface area (Å²) in [6.07, 6.45) is 1.29. The van der Waals surface area contributed by atoms with E-state index in [2.05, 4.69) is 10.3 Å². The van der Waals surface area contributed by atoms with Gasteiger partial charge >= 0.3 is 12.0 Å². The average Bonchev–Trinajstić information content (AvgIpc) is 2.96. The molecule has 2 fully saturated rings. The van der Waals surface area contributed by atoms with Crippen molar-refractivity contribution in [1.82, 2.24) is 15.2 Å². The smallest absolute Gasteiger partial charge is 0.360 e. The number of esters is 1. The second-order valence-corrected chi connectivity index (χ2v) is 5.03. The minimum Gasteiger partial charge on any atom is -0.461 e. The molecular formula is C12H16N4O4. The average molecular weight is 280 g/mol. The zero-order chi connectivity index (χ0) is 14.3. The summed E-state index contributed by atoms with van der Waals surface area (Å²) in [5, 5.41) is 2.81. The van der Waals surface area contributed by atoms with E-state index in [4.69, 9.17) is 9.15 Å². The van der Waals surface area contributed by atoms with Gasteiger partial charge in [-0.2, -0.15) is 4.98 Å². The van der Waals surface area contributed by atoms with E-state index in [1.54, 1.807) is 18.9 Å². The third-order valence-corrected chi connectivity index (χ3v) is 3.80. The van der Waals surface area contributed by atoms with Gasteiger partial charge in [-0.05, 0) is 6.92 Å². The van der Waals surface area contributed by atoms with Gasteiger partial charge in [-0.1, -0.05) is 0 Å². The molecule has 0 bridgehead atoms. The number of likely N-dealkylation sites (N-methyl/N-ethyl adjacent to an activating group) is 1. The normalized spacial score (nSPS) is 20.0. The molecule has 1 aromatic heterocycles. The molecule has 3 rings (SSSR count). The Kier molecular flexibility index (Phi) is 2.81. The second kappa shape index (κ2) is 4.39. The number of nitrogens with zero attached hydrogens (tertiary/aromatic N) is 3. The van der Waals surface area contributed by atoms with Crippen LogP contribution in [0.15, 0.2) is 10.7 Å². The summed E-state index contributed by atoms with van der Waals surface area (Å²) in [5.74, 6) is -0.493. The van der Waals surface area contributed by atoms with Crippen LogP contribution in [-0.4, -0.2) is 60.7 Å². The Morgan fingerprint density at radius 2 is 2.35 bits per heavy atom. The largest absolute Gasteiger partial charge is 0.461 e. The van der Waals surface area contributed by atoms with E-state index in [0.29, 0.717) is 32.3 Å². The van der Waals surface area contributed by atoms with Crippen LogP contribution in [-0.2, 0) is 4.74 Å². The van der Waals surface area contributed by atoms with Crippen molar-refractivity contribution in [1.29, 1.82) is 0 Å². The van der Waals surface area contributed by atoms with Gasteiger partial charge in [-0.25, -0.2) is 9.59 Å². The van der Waals surface area contributed by atoms with Crippen LogP contribution in [0.4, 0.5) is 10.8 Å². The fraction of sp³-hybridized carbons (Fsp3) is 0.583. The molecule has 1 N–H and O–H groups in total. The number of oxazole rings is 1. The van der Waals surface area contributed by atoms with Gasteiger partial charge in [0.25, 0.3) is 6.01 Å². The molecule has 2 aliphatic heterocycles. The summed E-state index contributed by atoms with van der Waals surface area (Å²) >= 11 is 0. The highest BCUT2D eigenvalue weighted by Gasteiger charge is 2.53. The molecule has 0 unspecified atom stereocenters. The number of carbonyl (C=O) groups excluding carboxylic acids is 2. The maximum atomic E-state index is 11.5. The molecule has 2 saturated heterocycles. The quantitative estimate of drug-likeness (QED) is 0.788. The van der Waals surface area contributed by atoms with E-state index < -0.39 is 5.97 Å².